The molecule has 4 nitrogen and oxygen atoms in total. The summed E-state index contributed by atoms with van der Waals surface area (Å²) in [6.07, 6.45) is 4.68. The predicted octanol–water partition coefficient (Wildman–Crippen LogP) is 0.528. The van der Waals surface area contributed by atoms with Crippen molar-refractivity contribution >= 4 is 0 Å². The third-order valence-corrected chi connectivity index (χ3v) is 4.12. The Morgan fingerprint density at radius 1 is 1.06 bits per heavy atom. The Morgan fingerprint density at radius 2 is 1.81 bits per heavy atom. The van der Waals surface area contributed by atoms with Crippen LogP contribution in [0, 0.1) is 5.92 Å². The van der Waals surface area contributed by atoms with Gasteiger partial charge in [-0.05, 0) is 13.0 Å². The zero-order valence-corrected chi connectivity index (χ0v) is 10.4. The molecule has 0 aliphatic carbocycles. The summed E-state index contributed by atoms with van der Waals surface area (Å²) < 4.78 is 0. The molecule has 92 valence electrons. The van der Waals surface area contributed by atoms with Crippen LogP contribution >= 0.6 is 0 Å². The van der Waals surface area contributed by atoms with Crippen LogP contribution in [0.3, 0.4) is 0 Å². The van der Waals surface area contributed by atoms with Crippen LogP contribution in [0.25, 0.3) is 0 Å². The molecule has 4 fully saturated rings. The average molecular weight is 224 g/mol. The van der Waals surface area contributed by atoms with Gasteiger partial charge in [-0.1, -0.05) is 19.8 Å². The quantitative estimate of drug-likeness (QED) is 0.688. The molecule has 3 unspecified atom stereocenters. The topological polar surface area (TPSA) is 21.8 Å². The van der Waals surface area contributed by atoms with Gasteiger partial charge in [0.2, 0.25) is 0 Å². The predicted molar refractivity (Wildman–Crippen MR) is 64.7 cm³/mol. The molecule has 3 atom stereocenters. The van der Waals surface area contributed by atoms with Gasteiger partial charge in [0.15, 0.2) is 0 Å². The van der Waals surface area contributed by atoms with Crippen LogP contribution in [-0.2, 0) is 0 Å². The summed E-state index contributed by atoms with van der Waals surface area (Å²) in [5, 5.41) is 3.77. The number of rotatable bonds is 5. The Morgan fingerprint density at radius 3 is 2.44 bits per heavy atom. The Balaban J connectivity index is 1.52. The van der Waals surface area contributed by atoms with Gasteiger partial charge in [-0.15, -0.1) is 0 Å². The fourth-order valence-electron chi connectivity index (χ4n) is 3.48. The minimum absolute atomic E-state index is 0.657. The third kappa shape index (κ3) is 1.99. The van der Waals surface area contributed by atoms with E-state index < -0.39 is 0 Å². The van der Waals surface area contributed by atoms with Crippen molar-refractivity contribution in [1.82, 2.24) is 20.0 Å². The van der Waals surface area contributed by atoms with Crippen molar-refractivity contribution in [2.75, 3.05) is 39.6 Å². The fourth-order valence-corrected chi connectivity index (χ4v) is 3.48. The molecular formula is C12H24N4. The van der Waals surface area contributed by atoms with Crippen molar-refractivity contribution < 1.29 is 0 Å². The molecular weight excluding hydrogens is 200 g/mol. The first-order valence-corrected chi connectivity index (χ1v) is 6.79. The van der Waals surface area contributed by atoms with Gasteiger partial charge in [-0.25, -0.2) is 0 Å². The molecule has 4 heteroatoms. The smallest absolute Gasteiger partial charge is 0.0673 e. The maximum atomic E-state index is 3.77. The molecule has 0 aromatic heterocycles. The third-order valence-electron chi connectivity index (χ3n) is 4.12. The van der Waals surface area contributed by atoms with Crippen LogP contribution in [0.4, 0.5) is 0 Å². The van der Waals surface area contributed by atoms with Gasteiger partial charge in [-0.3, -0.25) is 14.7 Å². The van der Waals surface area contributed by atoms with Gasteiger partial charge < -0.3 is 5.32 Å². The maximum absolute atomic E-state index is 3.77. The van der Waals surface area contributed by atoms with E-state index in [1.54, 1.807) is 0 Å². The van der Waals surface area contributed by atoms with E-state index in [4.69, 9.17) is 0 Å². The highest BCUT2D eigenvalue weighted by Gasteiger charge is 2.44. The zero-order valence-electron chi connectivity index (χ0n) is 10.4. The minimum atomic E-state index is 0.657. The van der Waals surface area contributed by atoms with E-state index in [1.165, 1.54) is 58.9 Å². The van der Waals surface area contributed by atoms with Crippen LogP contribution in [0.1, 0.15) is 26.2 Å². The molecule has 0 aromatic rings. The van der Waals surface area contributed by atoms with E-state index >= 15 is 0 Å². The first-order chi connectivity index (χ1) is 7.86. The summed E-state index contributed by atoms with van der Waals surface area (Å²) in [6.45, 7) is 9.64. The van der Waals surface area contributed by atoms with Crippen LogP contribution in [0.5, 0.6) is 0 Å². The molecule has 4 aliphatic heterocycles. The fraction of sp³-hybridized carbons (Fsp3) is 1.00. The number of unbranched alkanes of at least 4 members (excludes halogenated alkanes) is 2. The lowest BCUT2D eigenvalue weighted by Crippen LogP contribution is -2.74. The molecule has 16 heavy (non-hydrogen) atoms. The lowest BCUT2D eigenvalue weighted by atomic mass is 9.96. The molecule has 4 rings (SSSR count). The summed E-state index contributed by atoms with van der Waals surface area (Å²) in [4.78, 5) is 7.75. The highest BCUT2D eigenvalue weighted by atomic mass is 15.6. The van der Waals surface area contributed by atoms with E-state index in [2.05, 4.69) is 26.9 Å². The first kappa shape index (κ1) is 11.0. The van der Waals surface area contributed by atoms with Crippen LogP contribution < -0.4 is 5.32 Å². The molecule has 0 amide bonds. The van der Waals surface area contributed by atoms with Crippen molar-refractivity contribution in [2.24, 2.45) is 5.92 Å². The van der Waals surface area contributed by atoms with E-state index in [1.807, 2.05) is 0 Å². The van der Waals surface area contributed by atoms with Gasteiger partial charge in [0.1, 0.15) is 0 Å². The van der Waals surface area contributed by atoms with Crippen molar-refractivity contribution in [1.29, 1.82) is 0 Å². The van der Waals surface area contributed by atoms with Crippen molar-refractivity contribution in [3.63, 3.8) is 0 Å². The Kier molecular flexibility index (Phi) is 3.16. The highest BCUT2D eigenvalue weighted by Crippen LogP contribution is 2.29. The maximum Gasteiger partial charge on any atom is 0.0673 e. The van der Waals surface area contributed by atoms with Crippen molar-refractivity contribution in [2.45, 2.75) is 32.4 Å². The van der Waals surface area contributed by atoms with Gasteiger partial charge in [-0.2, -0.15) is 0 Å². The van der Waals surface area contributed by atoms with Crippen LogP contribution in [0.15, 0.2) is 0 Å². The average Bonchev–Trinajstić information content (AvgIpc) is 2.26. The van der Waals surface area contributed by atoms with Gasteiger partial charge in [0, 0.05) is 19.0 Å². The molecule has 4 bridgehead atoms. The standard InChI is InChI=1S/C12H24N4/c1-2-3-4-5-13-12-11-6-14-8-15(7-11)10-16(12)9-14/h11-13H,2-10H2,1H3. The Bertz CT molecular complexity index is 215. The molecule has 0 aromatic carbocycles. The minimum Gasteiger partial charge on any atom is -0.301 e. The van der Waals surface area contributed by atoms with Gasteiger partial charge in [0.25, 0.3) is 0 Å². The second kappa shape index (κ2) is 4.61. The monoisotopic (exact) mass is 224 g/mol. The summed E-state index contributed by atoms with van der Waals surface area (Å²) in [5.74, 6) is 0.831. The first-order valence-electron chi connectivity index (χ1n) is 6.79. The van der Waals surface area contributed by atoms with Crippen LogP contribution in [0.2, 0.25) is 0 Å². The molecule has 0 radical (unpaired) electrons. The Hall–Kier alpha value is -0.160. The van der Waals surface area contributed by atoms with Gasteiger partial charge in [0.05, 0.1) is 26.2 Å². The van der Waals surface area contributed by atoms with Crippen LogP contribution in [-0.4, -0.2) is 60.5 Å². The summed E-state index contributed by atoms with van der Waals surface area (Å²) >= 11 is 0. The summed E-state index contributed by atoms with van der Waals surface area (Å²) in [6, 6.07) is 0. The number of nitrogens with zero attached hydrogens (tertiary/aromatic N) is 3. The number of hydrogen-bond acceptors (Lipinski definition) is 4. The lowest BCUT2D eigenvalue weighted by Gasteiger charge is -2.59. The largest absolute Gasteiger partial charge is 0.301 e. The number of nitrogens with one attached hydrogen (secondary N) is 1. The summed E-state index contributed by atoms with van der Waals surface area (Å²) in [5.41, 5.74) is 0. The number of hydrogen-bond donors (Lipinski definition) is 1. The summed E-state index contributed by atoms with van der Waals surface area (Å²) in [7, 11) is 0. The zero-order chi connectivity index (χ0) is 11.0. The second-order valence-electron chi connectivity index (χ2n) is 5.59. The van der Waals surface area contributed by atoms with Crippen molar-refractivity contribution in [3.05, 3.63) is 0 Å². The van der Waals surface area contributed by atoms with E-state index in [9.17, 15) is 0 Å². The molecule has 4 aliphatic rings. The van der Waals surface area contributed by atoms with E-state index in [-0.39, 0.29) is 0 Å². The Labute approximate surface area is 98.6 Å². The van der Waals surface area contributed by atoms with Crippen molar-refractivity contribution in [3.8, 4) is 0 Å². The molecule has 0 saturated carbocycles. The second-order valence-corrected chi connectivity index (χ2v) is 5.59. The van der Waals surface area contributed by atoms with E-state index in [0.29, 0.717) is 6.17 Å². The molecule has 0 spiro atoms. The lowest BCUT2D eigenvalue weighted by molar-refractivity contribution is -0.169. The van der Waals surface area contributed by atoms with Gasteiger partial charge >= 0.3 is 0 Å². The SMILES string of the molecule is CCCCCNC1C2CN3CN(C2)CN1C3. The molecule has 4 heterocycles. The highest BCUT2D eigenvalue weighted by molar-refractivity contribution is 4.94. The van der Waals surface area contributed by atoms with E-state index in [0.717, 1.165) is 5.92 Å². The molecule has 1 N–H and O–H groups in total. The normalized spacial score (nSPS) is 45.2. The molecule has 4 saturated heterocycles.